The van der Waals surface area contributed by atoms with Gasteiger partial charge in [0.1, 0.15) is 5.52 Å². The predicted molar refractivity (Wildman–Crippen MR) is 82.4 cm³/mol. The van der Waals surface area contributed by atoms with Crippen LogP contribution in [-0.4, -0.2) is 38.9 Å². The van der Waals surface area contributed by atoms with Gasteiger partial charge in [0.2, 0.25) is 5.75 Å². The molecule has 7 heteroatoms. The number of nitrogens with zero attached hydrogens (tertiary/aromatic N) is 1. The molecule has 0 aliphatic carbocycles. The second kappa shape index (κ2) is 6.70. The summed E-state index contributed by atoms with van der Waals surface area (Å²) >= 11 is 6.33. The molecule has 0 amide bonds. The summed E-state index contributed by atoms with van der Waals surface area (Å²) in [5, 5.41) is 0.740. The normalized spacial score (nSPS) is 10.4. The first-order valence-corrected chi connectivity index (χ1v) is 6.91. The number of hydrogen-bond donors (Lipinski definition) is 0. The standard InChI is InChI=1S/C15H16ClNO5/c1-5-22-15(18)9-7-17-12-8(11(9)16)6-10(19-2)13(20-3)14(12)21-4/h6-7H,5H2,1-4H3. The van der Waals surface area contributed by atoms with Gasteiger partial charge in [0.15, 0.2) is 11.5 Å². The summed E-state index contributed by atoms with van der Waals surface area (Å²) in [4.78, 5) is 16.2. The maximum atomic E-state index is 11.9. The third-order valence-electron chi connectivity index (χ3n) is 3.09. The number of fused-ring (bicyclic) bond motifs is 1. The van der Waals surface area contributed by atoms with Crippen molar-refractivity contribution in [1.29, 1.82) is 0 Å². The third kappa shape index (κ3) is 2.62. The summed E-state index contributed by atoms with van der Waals surface area (Å²) in [6, 6.07) is 1.65. The van der Waals surface area contributed by atoms with Gasteiger partial charge in [-0.25, -0.2) is 4.79 Å². The minimum Gasteiger partial charge on any atom is -0.493 e. The van der Waals surface area contributed by atoms with Crippen molar-refractivity contribution in [2.75, 3.05) is 27.9 Å². The van der Waals surface area contributed by atoms with Crippen LogP contribution in [-0.2, 0) is 4.74 Å². The second-order valence-electron chi connectivity index (χ2n) is 4.25. The molecule has 0 saturated heterocycles. The van der Waals surface area contributed by atoms with Gasteiger partial charge in [0, 0.05) is 11.6 Å². The molecular weight excluding hydrogens is 310 g/mol. The average molecular weight is 326 g/mol. The van der Waals surface area contributed by atoms with Gasteiger partial charge in [0.25, 0.3) is 0 Å². The van der Waals surface area contributed by atoms with Crippen molar-refractivity contribution < 1.29 is 23.7 Å². The Balaban J connectivity index is 2.77. The summed E-state index contributed by atoms with van der Waals surface area (Å²) in [6.07, 6.45) is 1.36. The van der Waals surface area contributed by atoms with E-state index >= 15 is 0 Å². The molecule has 0 unspecified atom stereocenters. The number of rotatable bonds is 5. The van der Waals surface area contributed by atoms with Crippen LogP contribution in [0, 0.1) is 0 Å². The number of carbonyl (C=O) groups is 1. The fourth-order valence-electron chi connectivity index (χ4n) is 2.12. The largest absolute Gasteiger partial charge is 0.493 e. The lowest BCUT2D eigenvalue weighted by Crippen LogP contribution is -2.07. The summed E-state index contributed by atoms with van der Waals surface area (Å²) in [7, 11) is 4.49. The number of carbonyl (C=O) groups excluding carboxylic acids is 1. The zero-order valence-electron chi connectivity index (χ0n) is 12.7. The van der Waals surface area contributed by atoms with E-state index in [0.717, 1.165) is 0 Å². The highest BCUT2D eigenvalue weighted by molar-refractivity contribution is 6.38. The smallest absolute Gasteiger partial charge is 0.341 e. The van der Waals surface area contributed by atoms with E-state index in [1.807, 2.05) is 0 Å². The zero-order chi connectivity index (χ0) is 16.3. The molecule has 1 heterocycles. The van der Waals surface area contributed by atoms with E-state index in [-0.39, 0.29) is 17.2 Å². The zero-order valence-corrected chi connectivity index (χ0v) is 13.5. The van der Waals surface area contributed by atoms with Gasteiger partial charge in [-0.05, 0) is 13.0 Å². The molecule has 0 spiro atoms. The SMILES string of the molecule is CCOC(=O)c1cnc2c(OC)c(OC)c(OC)cc2c1Cl. The highest BCUT2D eigenvalue weighted by Gasteiger charge is 2.22. The van der Waals surface area contributed by atoms with Crippen molar-refractivity contribution in [3.05, 3.63) is 22.8 Å². The number of benzene rings is 1. The van der Waals surface area contributed by atoms with E-state index in [4.69, 9.17) is 30.5 Å². The Kier molecular flexibility index (Phi) is 4.92. The molecule has 118 valence electrons. The molecule has 0 atom stereocenters. The van der Waals surface area contributed by atoms with E-state index in [1.54, 1.807) is 13.0 Å². The minimum absolute atomic E-state index is 0.185. The Bertz CT molecular complexity index is 717. The third-order valence-corrected chi connectivity index (χ3v) is 3.50. The van der Waals surface area contributed by atoms with Gasteiger partial charge in [-0.3, -0.25) is 4.98 Å². The molecule has 0 N–H and O–H groups in total. The van der Waals surface area contributed by atoms with Crippen LogP contribution in [0.25, 0.3) is 10.9 Å². The molecule has 1 aromatic carbocycles. The van der Waals surface area contributed by atoms with Crippen molar-refractivity contribution in [3.63, 3.8) is 0 Å². The van der Waals surface area contributed by atoms with Crippen LogP contribution in [0.1, 0.15) is 17.3 Å². The first-order chi connectivity index (χ1) is 10.6. The maximum Gasteiger partial charge on any atom is 0.341 e. The summed E-state index contributed by atoms with van der Waals surface area (Å²) in [5.41, 5.74) is 0.656. The van der Waals surface area contributed by atoms with Crippen LogP contribution in [0.15, 0.2) is 12.3 Å². The fourth-order valence-corrected chi connectivity index (χ4v) is 2.39. The molecule has 1 aromatic heterocycles. The molecule has 0 fully saturated rings. The van der Waals surface area contributed by atoms with E-state index in [0.29, 0.717) is 28.2 Å². The first kappa shape index (κ1) is 16.2. The quantitative estimate of drug-likeness (QED) is 0.787. The highest BCUT2D eigenvalue weighted by atomic mass is 35.5. The van der Waals surface area contributed by atoms with Gasteiger partial charge in [-0.15, -0.1) is 0 Å². The lowest BCUT2D eigenvalue weighted by molar-refractivity contribution is 0.0526. The molecule has 0 aliphatic heterocycles. The number of hydrogen-bond acceptors (Lipinski definition) is 6. The molecule has 2 aromatic rings. The molecule has 22 heavy (non-hydrogen) atoms. The van der Waals surface area contributed by atoms with Crippen molar-refractivity contribution in [2.45, 2.75) is 6.92 Å². The average Bonchev–Trinajstić information content (AvgIpc) is 2.53. The number of halogens is 1. The van der Waals surface area contributed by atoms with Gasteiger partial charge in [-0.2, -0.15) is 0 Å². The first-order valence-electron chi connectivity index (χ1n) is 6.53. The molecule has 2 rings (SSSR count). The summed E-state index contributed by atoms with van der Waals surface area (Å²) in [6.45, 7) is 1.97. The Labute approximate surface area is 132 Å². The number of ether oxygens (including phenoxy) is 4. The van der Waals surface area contributed by atoms with Crippen molar-refractivity contribution in [1.82, 2.24) is 4.98 Å². The van der Waals surface area contributed by atoms with Crippen LogP contribution < -0.4 is 14.2 Å². The second-order valence-corrected chi connectivity index (χ2v) is 4.63. The Morgan fingerprint density at radius 3 is 2.41 bits per heavy atom. The summed E-state index contributed by atoms with van der Waals surface area (Å²) < 4.78 is 20.9. The van der Waals surface area contributed by atoms with Crippen molar-refractivity contribution in [2.24, 2.45) is 0 Å². The summed E-state index contributed by atoms with van der Waals surface area (Å²) in [5.74, 6) is 0.686. The Morgan fingerprint density at radius 2 is 1.86 bits per heavy atom. The van der Waals surface area contributed by atoms with Gasteiger partial charge >= 0.3 is 5.97 Å². The molecule has 0 bridgehead atoms. The van der Waals surface area contributed by atoms with Gasteiger partial charge in [0.05, 0.1) is 38.5 Å². The van der Waals surface area contributed by atoms with Crippen LogP contribution in [0.3, 0.4) is 0 Å². The van der Waals surface area contributed by atoms with E-state index in [2.05, 4.69) is 4.98 Å². The van der Waals surface area contributed by atoms with Crippen LogP contribution in [0.5, 0.6) is 17.2 Å². The van der Waals surface area contributed by atoms with Crippen LogP contribution in [0.4, 0.5) is 0 Å². The number of esters is 1. The molecule has 0 aliphatic rings. The Morgan fingerprint density at radius 1 is 1.18 bits per heavy atom. The van der Waals surface area contributed by atoms with E-state index < -0.39 is 5.97 Å². The van der Waals surface area contributed by atoms with Crippen LogP contribution in [0.2, 0.25) is 5.02 Å². The van der Waals surface area contributed by atoms with E-state index in [9.17, 15) is 4.79 Å². The molecular formula is C15H16ClNO5. The van der Waals surface area contributed by atoms with Crippen LogP contribution >= 0.6 is 11.6 Å². The van der Waals surface area contributed by atoms with Gasteiger partial charge < -0.3 is 18.9 Å². The van der Waals surface area contributed by atoms with E-state index in [1.165, 1.54) is 27.5 Å². The molecule has 0 saturated carbocycles. The highest BCUT2D eigenvalue weighted by Crippen LogP contribution is 2.44. The number of aromatic nitrogens is 1. The van der Waals surface area contributed by atoms with Crippen molar-refractivity contribution >= 4 is 28.5 Å². The number of methoxy groups -OCH3 is 3. The topological polar surface area (TPSA) is 66.9 Å². The molecule has 0 radical (unpaired) electrons. The monoisotopic (exact) mass is 325 g/mol. The van der Waals surface area contributed by atoms with Crippen molar-refractivity contribution in [3.8, 4) is 17.2 Å². The number of pyridine rings is 1. The predicted octanol–water partition coefficient (Wildman–Crippen LogP) is 3.09. The maximum absolute atomic E-state index is 11.9. The fraction of sp³-hybridized carbons (Fsp3) is 0.333. The lowest BCUT2D eigenvalue weighted by atomic mass is 10.1. The lowest BCUT2D eigenvalue weighted by Gasteiger charge is -2.15. The Hall–Kier alpha value is -2.21. The minimum atomic E-state index is -0.532. The molecule has 6 nitrogen and oxygen atoms in total. The van der Waals surface area contributed by atoms with Gasteiger partial charge in [-0.1, -0.05) is 11.6 Å².